The van der Waals surface area contributed by atoms with Gasteiger partial charge in [0.05, 0.1) is 5.56 Å². The summed E-state index contributed by atoms with van der Waals surface area (Å²) in [6.45, 7) is 0.483. The molecule has 19 heavy (non-hydrogen) atoms. The lowest BCUT2D eigenvalue weighted by Gasteiger charge is -2.18. The van der Waals surface area contributed by atoms with E-state index in [-0.39, 0.29) is 11.6 Å². The maximum Gasteiger partial charge on any atom is 0.255 e. The number of hydrogen-bond donors (Lipinski definition) is 1. The van der Waals surface area contributed by atoms with Gasteiger partial charge in [-0.1, -0.05) is 30.3 Å². The van der Waals surface area contributed by atoms with Crippen molar-refractivity contribution in [1.82, 2.24) is 4.90 Å². The van der Waals surface area contributed by atoms with E-state index < -0.39 is 5.82 Å². The number of anilines is 1. The van der Waals surface area contributed by atoms with Gasteiger partial charge in [0.1, 0.15) is 5.82 Å². The van der Waals surface area contributed by atoms with Gasteiger partial charge in [0.15, 0.2) is 0 Å². The Labute approximate surface area is 111 Å². The van der Waals surface area contributed by atoms with Crippen molar-refractivity contribution in [1.29, 1.82) is 0 Å². The molecule has 0 aliphatic rings. The molecule has 0 radical (unpaired) electrons. The zero-order chi connectivity index (χ0) is 13.8. The van der Waals surface area contributed by atoms with E-state index in [1.165, 1.54) is 12.1 Å². The summed E-state index contributed by atoms with van der Waals surface area (Å²) in [6.07, 6.45) is 0. The van der Waals surface area contributed by atoms with E-state index in [1.54, 1.807) is 11.9 Å². The fourth-order valence-electron chi connectivity index (χ4n) is 1.86. The zero-order valence-corrected chi connectivity index (χ0v) is 10.6. The van der Waals surface area contributed by atoms with Crippen molar-refractivity contribution in [3.63, 3.8) is 0 Å². The highest BCUT2D eigenvalue weighted by Crippen LogP contribution is 2.16. The van der Waals surface area contributed by atoms with E-state index in [0.717, 1.165) is 11.6 Å². The molecule has 4 heteroatoms. The first-order valence-electron chi connectivity index (χ1n) is 5.92. The van der Waals surface area contributed by atoms with Crippen LogP contribution in [0, 0.1) is 5.82 Å². The average Bonchev–Trinajstić information content (AvgIpc) is 2.39. The zero-order valence-electron chi connectivity index (χ0n) is 10.6. The molecule has 3 nitrogen and oxygen atoms in total. The lowest BCUT2D eigenvalue weighted by molar-refractivity contribution is 0.0786. The number of nitrogens with two attached hydrogens (primary N) is 1. The van der Waals surface area contributed by atoms with Crippen LogP contribution in [0.2, 0.25) is 0 Å². The SMILES string of the molecule is CN(Cc1ccccc1)C(=O)c1ccc(F)cc1N. The molecule has 0 saturated heterocycles. The predicted molar refractivity (Wildman–Crippen MR) is 73.1 cm³/mol. The van der Waals surface area contributed by atoms with Crippen molar-refractivity contribution >= 4 is 11.6 Å². The number of nitrogen functional groups attached to an aromatic ring is 1. The first-order valence-corrected chi connectivity index (χ1v) is 5.92. The normalized spacial score (nSPS) is 10.2. The van der Waals surface area contributed by atoms with Gasteiger partial charge >= 0.3 is 0 Å². The van der Waals surface area contributed by atoms with Crippen LogP contribution in [0.1, 0.15) is 15.9 Å². The molecule has 0 fully saturated rings. The number of carbonyl (C=O) groups is 1. The summed E-state index contributed by atoms with van der Waals surface area (Å²) in [7, 11) is 1.69. The van der Waals surface area contributed by atoms with Gasteiger partial charge in [0, 0.05) is 19.3 Å². The molecule has 2 aromatic carbocycles. The molecule has 0 bridgehead atoms. The van der Waals surface area contributed by atoms with Gasteiger partial charge in [-0.05, 0) is 23.8 Å². The maximum atomic E-state index is 13.0. The van der Waals surface area contributed by atoms with Crippen LogP contribution in [-0.2, 0) is 6.54 Å². The predicted octanol–water partition coefficient (Wildman–Crippen LogP) is 2.68. The smallest absolute Gasteiger partial charge is 0.255 e. The van der Waals surface area contributed by atoms with Crippen molar-refractivity contribution in [2.24, 2.45) is 0 Å². The van der Waals surface area contributed by atoms with Crippen LogP contribution >= 0.6 is 0 Å². The minimum absolute atomic E-state index is 0.157. The summed E-state index contributed by atoms with van der Waals surface area (Å²) < 4.78 is 13.0. The molecule has 98 valence electrons. The number of rotatable bonds is 3. The first-order chi connectivity index (χ1) is 9.08. The Balaban J connectivity index is 2.15. The summed E-state index contributed by atoms with van der Waals surface area (Å²) >= 11 is 0. The molecule has 0 spiro atoms. The molecule has 2 aromatic rings. The van der Waals surface area contributed by atoms with Crippen molar-refractivity contribution in [3.8, 4) is 0 Å². The topological polar surface area (TPSA) is 46.3 Å². The second-order valence-electron chi connectivity index (χ2n) is 4.38. The third-order valence-corrected chi connectivity index (χ3v) is 2.85. The van der Waals surface area contributed by atoms with Crippen LogP contribution in [0.15, 0.2) is 48.5 Å². The Morgan fingerprint density at radius 2 is 1.89 bits per heavy atom. The number of halogens is 1. The summed E-state index contributed by atoms with van der Waals surface area (Å²) in [4.78, 5) is 13.8. The molecule has 1 amide bonds. The van der Waals surface area contributed by atoms with Gasteiger partial charge in [0.25, 0.3) is 5.91 Å². The lowest BCUT2D eigenvalue weighted by atomic mass is 10.1. The minimum Gasteiger partial charge on any atom is -0.398 e. The van der Waals surface area contributed by atoms with Gasteiger partial charge in [-0.2, -0.15) is 0 Å². The van der Waals surface area contributed by atoms with E-state index in [0.29, 0.717) is 12.1 Å². The van der Waals surface area contributed by atoms with E-state index in [4.69, 9.17) is 5.73 Å². The largest absolute Gasteiger partial charge is 0.398 e. The van der Waals surface area contributed by atoms with Crippen LogP contribution in [-0.4, -0.2) is 17.9 Å². The molecule has 0 aliphatic heterocycles. The van der Waals surface area contributed by atoms with Gasteiger partial charge in [-0.3, -0.25) is 4.79 Å². The highest BCUT2D eigenvalue weighted by molar-refractivity contribution is 5.98. The van der Waals surface area contributed by atoms with Crippen molar-refractivity contribution in [3.05, 3.63) is 65.5 Å². The fraction of sp³-hybridized carbons (Fsp3) is 0.133. The van der Waals surface area contributed by atoms with Crippen molar-refractivity contribution < 1.29 is 9.18 Å². The summed E-state index contributed by atoms with van der Waals surface area (Å²) in [5, 5.41) is 0. The highest BCUT2D eigenvalue weighted by Gasteiger charge is 2.15. The van der Waals surface area contributed by atoms with Gasteiger partial charge in [0.2, 0.25) is 0 Å². The quantitative estimate of drug-likeness (QED) is 0.860. The Bertz CT molecular complexity index is 584. The summed E-state index contributed by atoms with van der Waals surface area (Å²) in [5.41, 5.74) is 7.17. The van der Waals surface area contributed by atoms with Crippen LogP contribution in [0.3, 0.4) is 0 Å². The monoisotopic (exact) mass is 258 g/mol. The van der Waals surface area contributed by atoms with Crippen molar-refractivity contribution in [2.45, 2.75) is 6.54 Å². The van der Waals surface area contributed by atoms with Crippen LogP contribution < -0.4 is 5.73 Å². The van der Waals surface area contributed by atoms with Crippen LogP contribution in [0.25, 0.3) is 0 Å². The standard InChI is InChI=1S/C15H15FN2O/c1-18(10-11-5-3-2-4-6-11)15(19)13-8-7-12(16)9-14(13)17/h2-9H,10,17H2,1H3. The van der Waals surface area contributed by atoms with Gasteiger partial charge in [-0.25, -0.2) is 4.39 Å². The van der Waals surface area contributed by atoms with Crippen LogP contribution in [0.4, 0.5) is 10.1 Å². The van der Waals surface area contributed by atoms with Gasteiger partial charge in [-0.15, -0.1) is 0 Å². The van der Waals surface area contributed by atoms with E-state index in [2.05, 4.69) is 0 Å². The van der Waals surface area contributed by atoms with E-state index >= 15 is 0 Å². The average molecular weight is 258 g/mol. The summed E-state index contributed by atoms with van der Waals surface area (Å²) in [6, 6.07) is 13.4. The molecule has 0 aliphatic carbocycles. The number of nitrogens with zero attached hydrogens (tertiary/aromatic N) is 1. The fourth-order valence-corrected chi connectivity index (χ4v) is 1.86. The minimum atomic E-state index is -0.445. The molecular weight excluding hydrogens is 243 g/mol. The second kappa shape index (κ2) is 5.52. The Morgan fingerprint density at radius 1 is 1.21 bits per heavy atom. The maximum absolute atomic E-state index is 13.0. The first kappa shape index (κ1) is 13.1. The van der Waals surface area contributed by atoms with Crippen LogP contribution in [0.5, 0.6) is 0 Å². The summed E-state index contributed by atoms with van der Waals surface area (Å²) in [5.74, 6) is -0.666. The number of amides is 1. The molecule has 0 aromatic heterocycles. The molecule has 2 N–H and O–H groups in total. The number of carbonyl (C=O) groups excluding carboxylic acids is 1. The third kappa shape index (κ3) is 3.10. The second-order valence-corrected chi connectivity index (χ2v) is 4.38. The molecule has 0 atom stereocenters. The molecule has 2 rings (SSSR count). The molecule has 0 saturated carbocycles. The Hall–Kier alpha value is -2.36. The van der Waals surface area contributed by atoms with Gasteiger partial charge < -0.3 is 10.6 Å². The molecule has 0 unspecified atom stereocenters. The number of hydrogen-bond acceptors (Lipinski definition) is 2. The lowest BCUT2D eigenvalue weighted by Crippen LogP contribution is -2.27. The number of benzene rings is 2. The third-order valence-electron chi connectivity index (χ3n) is 2.85. The Morgan fingerprint density at radius 3 is 2.53 bits per heavy atom. The van der Waals surface area contributed by atoms with E-state index in [9.17, 15) is 9.18 Å². The molecule has 0 heterocycles. The molecular formula is C15H15FN2O. The van der Waals surface area contributed by atoms with E-state index in [1.807, 2.05) is 30.3 Å². The Kier molecular flexibility index (Phi) is 3.80. The highest BCUT2D eigenvalue weighted by atomic mass is 19.1. The van der Waals surface area contributed by atoms with Crippen molar-refractivity contribution in [2.75, 3.05) is 12.8 Å².